The number of aliphatic hydroxyl groups is 1. The molecule has 1 aliphatic rings. The first-order valence-corrected chi connectivity index (χ1v) is 6.05. The van der Waals surface area contributed by atoms with E-state index in [1.165, 1.54) is 0 Å². The molecule has 1 fully saturated rings. The lowest BCUT2D eigenvalue weighted by Gasteiger charge is -2.37. The summed E-state index contributed by atoms with van der Waals surface area (Å²) >= 11 is 0. The van der Waals surface area contributed by atoms with E-state index in [9.17, 15) is 0 Å². The number of piperazine rings is 1. The molecule has 0 aromatic carbocycles. The number of rotatable bonds is 6. The molecule has 0 radical (unpaired) electrons. The van der Waals surface area contributed by atoms with Crippen LogP contribution in [0, 0.1) is 0 Å². The van der Waals surface area contributed by atoms with Crippen LogP contribution in [0.5, 0.6) is 0 Å². The van der Waals surface area contributed by atoms with Gasteiger partial charge in [-0.1, -0.05) is 0 Å². The van der Waals surface area contributed by atoms with Crippen molar-refractivity contribution in [1.29, 1.82) is 0 Å². The summed E-state index contributed by atoms with van der Waals surface area (Å²) < 4.78 is 0. The van der Waals surface area contributed by atoms with Crippen LogP contribution in [0.3, 0.4) is 0 Å². The van der Waals surface area contributed by atoms with Gasteiger partial charge in [-0.3, -0.25) is 4.90 Å². The van der Waals surface area contributed by atoms with Gasteiger partial charge in [-0.15, -0.1) is 0 Å². The second kappa shape index (κ2) is 7.17. The minimum absolute atomic E-state index is 0.324. The van der Waals surface area contributed by atoms with E-state index < -0.39 is 0 Å². The van der Waals surface area contributed by atoms with E-state index in [1.54, 1.807) is 0 Å². The summed E-state index contributed by atoms with van der Waals surface area (Å²) in [6.45, 7) is 8.97. The van der Waals surface area contributed by atoms with Crippen LogP contribution in [-0.2, 0) is 0 Å². The van der Waals surface area contributed by atoms with Gasteiger partial charge in [0.05, 0.1) is 0 Å². The van der Waals surface area contributed by atoms with Gasteiger partial charge in [-0.05, 0) is 26.3 Å². The molecule has 0 spiro atoms. The van der Waals surface area contributed by atoms with Crippen molar-refractivity contribution >= 4 is 0 Å². The van der Waals surface area contributed by atoms with Gasteiger partial charge >= 0.3 is 0 Å². The highest BCUT2D eigenvalue weighted by atomic mass is 16.2. The second-order valence-corrected chi connectivity index (χ2v) is 4.39. The van der Waals surface area contributed by atoms with Crippen LogP contribution in [0.2, 0.25) is 0 Å². The van der Waals surface area contributed by atoms with Crippen LogP contribution in [-0.4, -0.2) is 66.8 Å². The van der Waals surface area contributed by atoms with Gasteiger partial charge in [0.2, 0.25) is 0 Å². The third-order valence-corrected chi connectivity index (χ3v) is 3.25. The van der Waals surface area contributed by atoms with Gasteiger partial charge in [0, 0.05) is 45.4 Å². The molecule has 1 saturated heterocycles. The number of unbranched alkanes of at least 4 members (excludes halogenated alkanes) is 1. The molecule has 1 atom stereocenters. The molecule has 4 nitrogen and oxygen atoms in total. The zero-order valence-corrected chi connectivity index (χ0v) is 9.86. The first-order valence-electron chi connectivity index (χ1n) is 6.05. The molecular formula is C11H25N3O. The molecule has 1 heterocycles. The SMILES string of the molecule is CC(CN)N1CCN(CCCCO)CC1. The molecule has 3 N–H and O–H groups in total. The van der Waals surface area contributed by atoms with Crippen LogP contribution in [0.4, 0.5) is 0 Å². The van der Waals surface area contributed by atoms with Gasteiger partial charge in [0.15, 0.2) is 0 Å². The van der Waals surface area contributed by atoms with Crippen LogP contribution in [0.25, 0.3) is 0 Å². The molecule has 1 aliphatic heterocycles. The second-order valence-electron chi connectivity index (χ2n) is 4.39. The third-order valence-electron chi connectivity index (χ3n) is 3.25. The fourth-order valence-corrected chi connectivity index (χ4v) is 2.02. The van der Waals surface area contributed by atoms with Crippen molar-refractivity contribution in [2.24, 2.45) is 5.73 Å². The van der Waals surface area contributed by atoms with Gasteiger partial charge in [-0.2, -0.15) is 0 Å². The molecule has 1 unspecified atom stereocenters. The largest absolute Gasteiger partial charge is 0.396 e. The summed E-state index contributed by atoms with van der Waals surface area (Å²) in [5.74, 6) is 0. The first-order chi connectivity index (χ1) is 7.27. The summed E-state index contributed by atoms with van der Waals surface area (Å²) in [4.78, 5) is 4.94. The fourth-order valence-electron chi connectivity index (χ4n) is 2.02. The Morgan fingerprint density at radius 3 is 2.40 bits per heavy atom. The van der Waals surface area contributed by atoms with E-state index >= 15 is 0 Å². The van der Waals surface area contributed by atoms with Crippen molar-refractivity contribution in [2.75, 3.05) is 45.9 Å². The number of nitrogens with two attached hydrogens (primary N) is 1. The summed E-state index contributed by atoms with van der Waals surface area (Å²) in [6, 6.07) is 0.518. The molecule has 0 aromatic heterocycles. The van der Waals surface area contributed by atoms with E-state index in [0.29, 0.717) is 12.6 Å². The van der Waals surface area contributed by atoms with Crippen molar-refractivity contribution < 1.29 is 5.11 Å². The third kappa shape index (κ3) is 4.47. The highest BCUT2D eigenvalue weighted by Gasteiger charge is 2.19. The monoisotopic (exact) mass is 215 g/mol. The first kappa shape index (κ1) is 12.9. The Morgan fingerprint density at radius 1 is 1.20 bits per heavy atom. The van der Waals surface area contributed by atoms with Crippen LogP contribution < -0.4 is 5.73 Å². The molecule has 0 amide bonds. The molecule has 0 bridgehead atoms. The van der Waals surface area contributed by atoms with Crippen molar-refractivity contribution in [2.45, 2.75) is 25.8 Å². The summed E-state index contributed by atoms with van der Waals surface area (Å²) in [5.41, 5.74) is 5.65. The summed E-state index contributed by atoms with van der Waals surface area (Å²) in [5, 5.41) is 8.70. The zero-order valence-electron chi connectivity index (χ0n) is 9.86. The standard InChI is InChI=1S/C11H25N3O/c1-11(10-12)14-7-5-13(6-8-14)4-2-3-9-15/h11,15H,2-10,12H2,1H3. The highest BCUT2D eigenvalue weighted by Crippen LogP contribution is 2.06. The maximum atomic E-state index is 8.70. The van der Waals surface area contributed by atoms with Gasteiger partial charge in [0.1, 0.15) is 0 Å². The molecule has 0 saturated carbocycles. The maximum Gasteiger partial charge on any atom is 0.0431 e. The quantitative estimate of drug-likeness (QED) is 0.599. The predicted molar refractivity (Wildman–Crippen MR) is 62.8 cm³/mol. The number of hydrogen-bond donors (Lipinski definition) is 2. The molecular weight excluding hydrogens is 190 g/mol. The summed E-state index contributed by atoms with van der Waals surface area (Å²) in [6.07, 6.45) is 2.04. The van der Waals surface area contributed by atoms with E-state index in [0.717, 1.165) is 52.1 Å². The normalized spacial score (nSPS) is 21.8. The summed E-state index contributed by atoms with van der Waals surface area (Å²) in [7, 11) is 0. The van der Waals surface area contributed by atoms with Crippen molar-refractivity contribution in [1.82, 2.24) is 9.80 Å². The highest BCUT2D eigenvalue weighted by molar-refractivity contribution is 4.76. The van der Waals surface area contributed by atoms with Gasteiger partial charge in [0.25, 0.3) is 0 Å². The van der Waals surface area contributed by atoms with E-state index in [-0.39, 0.29) is 0 Å². The molecule has 0 aliphatic carbocycles. The zero-order chi connectivity index (χ0) is 11.1. The number of hydrogen-bond acceptors (Lipinski definition) is 4. The van der Waals surface area contributed by atoms with Crippen LogP contribution in [0.15, 0.2) is 0 Å². The van der Waals surface area contributed by atoms with Crippen molar-refractivity contribution in [3.05, 3.63) is 0 Å². The molecule has 90 valence electrons. The minimum atomic E-state index is 0.324. The average molecular weight is 215 g/mol. The molecule has 1 rings (SSSR count). The van der Waals surface area contributed by atoms with Crippen molar-refractivity contribution in [3.63, 3.8) is 0 Å². The lowest BCUT2D eigenvalue weighted by Crippen LogP contribution is -2.51. The van der Waals surface area contributed by atoms with Crippen molar-refractivity contribution in [3.8, 4) is 0 Å². The Balaban J connectivity index is 2.12. The van der Waals surface area contributed by atoms with E-state index in [4.69, 9.17) is 10.8 Å². The Morgan fingerprint density at radius 2 is 1.87 bits per heavy atom. The van der Waals surface area contributed by atoms with Gasteiger partial charge < -0.3 is 15.7 Å². The Bertz CT molecular complexity index is 158. The van der Waals surface area contributed by atoms with Crippen LogP contribution >= 0.6 is 0 Å². The number of aliphatic hydroxyl groups excluding tert-OH is 1. The topological polar surface area (TPSA) is 52.7 Å². The predicted octanol–water partition coefficient (Wildman–Crippen LogP) is -0.276. The fraction of sp³-hybridized carbons (Fsp3) is 1.00. The lowest BCUT2D eigenvalue weighted by molar-refractivity contribution is 0.102. The van der Waals surface area contributed by atoms with Crippen LogP contribution in [0.1, 0.15) is 19.8 Å². The van der Waals surface area contributed by atoms with Gasteiger partial charge in [-0.25, -0.2) is 0 Å². The Hall–Kier alpha value is -0.160. The minimum Gasteiger partial charge on any atom is -0.396 e. The smallest absolute Gasteiger partial charge is 0.0431 e. The Kier molecular flexibility index (Phi) is 6.17. The molecule has 0 aromatic rings. The lowest BCUT2D eigenvalue weighted by atomic mass is 10.2. The number of nitrogens with zero attached hydrogens (tertiary/aromatic N) is 2. The maximum absolute atomic E-state index is 8.70. The van der Waals surface area contributed by atoms with E-state index in [2.05, 4.69) is 16.7 Å². The Labute approximate surface area is 93.0 Å². The molecule has 15 heavy (non-hydrogen) atoms. The molecule has 4 heteroatoms. The average Bonchev–Trinajstić information content (AvgIpc) is 2.29. The van der Waals surface area contributed by atoms with E-state index in [1.807, 2.05) is 0 Å².